The van der Waals surface area contributed by atoms with E-state index in [1.807, 2.05) is 24.3 Å². The molecule has 2 fully saturated rings. The molecular weight excluding hydrogens is 420 g/mol. The number of piperazine rings is 1. The minimum absolute atomic E-state index is 0.212. The van der Waals surface area contributed by atoms with Crippen molar-refractivity contribution < 1.29 is 9.47 Å². The molecule has 2 atom stereocenters. The number of H-pyrrole nitrogens is 1. The highest BCUT2D eigenvalue weighted by Gasteiger charge is 2.40. The highest BCUT2D eigenvalue weighted by molar-refractivity contribution is 5.69. The number of nitrogens with one attached hydrogen (secondary N) is 1. The average Bonchev–Trinajstić information content (AvgIpc) is 3.47. The van der Waals surface area contributed by atoms with Crippen LogP contribution in [-0.4, -0.2) is 81.3 Å². The lowest BCUT2D eigenvalue weighted by atomic mass is 10.2. The SMILES string of the molecule is CCCCOc1ncc2[nH]c(=O)n(Cc3ccc(OCCN4CC5CC4CN5C)cc3)c2n1. The van der Waals surface area contributed by atoms with Crippen molar-refractivity contribution in [3.8, 4) is 11.8 Å². The van der Waals surface area contributed by atoms with Crippen molar-refractivity contribution >= 4 is 11.2 Å². The molecule has 33 heavy (non-hydrogen) atoms. The Kier molecular flexibility index (Phi) is 6.32. The van der Waals surface area contributed by atoms with Crippen LogP contribution in [0.1, 0.15) is 31.7 Å². The van der Waals surface area contributed by atoms with Crippen molar-refractivity contribution in [1.29, 1.82) is 0 Å². The van der Waals surface area contributed by atoms with Crippen LogP contribution in [0, 0.1) is 0 Å². The Labute approximate surface area is 193 Å². The molecule has 176 valence electrons. The Morgan fingerprint density at radius 3 is 2.70 bits per heavy atom. The predicted molar refractivity (Wildman–Crippen MR) is 126 cm³/mol. The van der Waals surface area contributed by atoms with Crippen LogP contribution in [-0.2, 0) is 6.54 Å². The second-order valence-corrected chi connectivity index (χ2v) is 9.08. The first-order valence-electron chi connectivity index (χ1n) is 11.8. The van der Waals surface area contributed by atoms with Gasteiger partial charge < -0.3 is 19.4 Å². The minimum Gasteiger partial charge on any atom is -0.492 e. The quantitative estimate of drug-likeness (QED) is 0.471. The first kappa shape index (κ1) is 21.9. The molecule has 3 aromatic rings. The molecule has 9 heteroatoms. The molecule has 2 unspecified atom stereocenters. The van der Waals surface area contributed by atoms with E-state index in [1.54, 1.807) is 10.8 Å². The van der Waals surface area contributed by atoms with Crippen molar-refractivity contribution in [2.75, 3.05) is 39.9 Å². The third-order valence-corrected chi connectivity index (χ3v) is 6.76. The zero-order chi connectivity index (χ0) is 22.8. The van der Waals surface area contributed by atoms with Gasteiger partial charge >= 0.3 is 11.7 Å². The number of fused-ring (bicyclic) bond motifs is 3. The molecule has 9 nitrogen and oxygen atoms in total. The van der Waals surface area contributed by atoms with Gasteiger partial charge in [0.1, 0.15) is 17.9 Å². The predicted octanol–water partition coefficient (Wildman–Crippen LogP) is 2.11. The van der Waals surface area contributed by atoms with Gasteiger partial charge in [0.15, 0.2) is 5.65 Å². The van der Waals surface area contributed by atoms with Gasteiger partial charge in [0.2, 0.25) is 0 Å². The largest absolute Gasteiger partial charge is 0.492 e. The van der Waals surface area contributed by atoms with Gasteiger partial charge in [-0.15, -0.1) is 0 Å². The van der Waals surface area contributed by atoms with Crippen molar-refractivity contribution in [3.05, 3.63) is 46.5 Å². The lowest BCUT2D eigenvalue weighted by molar-refractivity contribution is 0.129. The van der Waals surface area contributed by atoms with E-state index in [4.69, 9.17) is 9.47 Å². The van der Waals surface area contributed by atoms with Gasteiger partial charge in [-0.2, -0.15) is 4.98 Å². The van der Waals surface area contributed by atoms with Gasteiger partial charge in [0.05, 0.1) is 19.3 Å². The number of ether oxygens (including phenoxy) is 2. The Morgan fingerprint density at radius 2 is 1.97 bits per heavy atom. The van der Waals surface area contributed by atoms with Gasteiger partial charge in [-0.1, -0.05) is 25.5 Å². The number of aromatic amines is 1. The molecule has 0 aliphatic carbocycles. The molecular formula is C24H32N6O3. The van der Waals surface area contributed by atoms with Crippen LogP contribution in [0.25, 0.3) is 11.2 Å². The molecule has 0 radical (unpaired) electrons. The van der Waals surface area contributed by atoms with E-state index in [9.17, 15) is 4.79 Å². The molecule has 2 aromatic heterocycles. The van der Waals surface area contributed by atoms with Gasteiger partial charge in [0.25, 0.3) is 0 Å². The third-order valence-electron chi connectivity index (χ3n) is 6.76. The van der Waals surface area contributed by atoms with Crippen LogP contribution in [0.5, 0.6) is 11.8 Å². The lowest BCUT2D eigenvalue weighted by Gasteiger charge is -2.31. The van der Waals surface area contributed by atoms with Crippen molar-refractivity contribution in [2.45, 2.75) is 44.8 Å². The van der Waals surface area contributed by atoms with Gasteiger partial charge in [-0.25, -0.2) is 9.78 Å². The molecule has 1 aromatic carbocycles. The van der Waals surface area contributed by atoms with Crippen molar-refractivity contribution in [1.82, 2.24) is 29.3 Å². The van der Waals surface area contributed by atoms with Crippen LogP contribution in [0.4, 0.5) is 0 Å². The highest BCUT2D eigenvalue weighted by atomic mass is 16.5. The molecule has 1 N–H and O–H groups in total. The maximum Gasteiger partial charge on any atom is 0.328 e. The Hall–Kier alpha value is -2.91. The van der Waals surface area contributed by atoms with E-state index in [1.165, 1.54) is 13.0 Å². The summed E-state index contributed by atoms with van der Waals surface area (Å²) in [6.45, 7) is 7.05. The number of aromatic nitrogens is 4. The minimum atomic E-state index is -0.212. The number of likely N-dealkylation sites (N-methyl/N-ethyl adjacent to an activating group) is 1. The van der Waals surface area contributed by atoms with E-state index >= 15 is 0 Å². The van der Waals surface area contributed by atoms with Gasteiger partial charge in [0, 0.05) is 31.7 Å². The number of nitrogens with zero attached hydrogens (tertiary/aromatic N) is 5. The van der Waals surface area contributed by atoms with E-state index in [0.29, 0.717) is 49.0 Å². The maximum absolute atomic E-state index is 12.5. The topological polar surface area (TPSA) is 88.5 Å². The number of imidazole rings is 1. The summed E-state index contributed by atoms with van der Waals surface area (Å²) < 4.78 is 13.2. The molecule has 2 aliphatic heterocycles. The number of benzene rings is 1. The number of hydrogen-bond donors (Lipinski definition) is 1. The molecule has 0 spiro atoms. The van der Waals surface area contributed by atoms with Gasteiger partial charge in [-0.3, -0.25) is 9.47 Å². The second kappa shape index (κ2) is 9.52. The van der Waals surface area contributed by atoms with Crippen molar-refractivity contribution in [2.24, 2.45) is 0 Å². The fraction of sp³-hybridized carbons (Fsp3) is 0.542. The standard InChI is InChI=1S/C24H32N6O3/c1-3-4-10-33-23-25-13-21-22(27-23)30(24(31)26-21)14-17-5-7-20(8-6-17)32-11-9-29-16-18-12-19(29)15-28(18)2/h5-8,13,18-19H,3-4,9-12,14-16H2,1-2H3,(H,26,31). The Balaban J connectivity index is 1.19. The van der Waals surface area contributed by atoms with E-state index in [0.717, 1.165) is 37.2 Å². The Bertz CT molecular complexity index is 1140. The normalized spacial score (nSPS) is 20.7. The smallest absolute Gasteiger partial charge is 0.328 e. The van der Waals surface area contributed by atoms with E-state index < -0.39 is 0 Å². The van der Waals surface area contributed by atoms with Crippen molar-refractivity contribution in [3.63, 3.8) is 0 Å². The maximum atomic E-state index is 12.5. The van der Waals surface area contributed by atoms with Crippen LogP contribution >= 0.6 is 0 Å². The summed E-state index contributed by atoms with van der Waals surface area (Å²) in [6, 6.07) is 9.61. The molecule has 2 aliphatic rings. The monoisotopic (exact) mass is 452 g/mol. The summed E-state index contributed by atoms with van der Waals surface area (Å²) >= 11 is 0. The van der Waals surface area contributed by atoms with Crippen LogP contribution in [0.2, 0.25) is 0 Å². The fourth-order valence-corrected chi connectivity index (χ4v) is 4.83. The number of unbranched alkanes of at least 4 members (excludes halogenated alkanes) is 1. The Morgan fingerprint density at radius 1 is 1.12 bits per heavy atom. The fourth-order valence-electron chi connectivity index (χ4n) is 4.83. The zero-order valence-electron chi connectivity index (χ0n) is 19.4. The summed E-state index contributed by atoms with van der Waals surface area (Å²) in [5.74, 6) is 0.848. The van der Waals surface area contributed by atoms with Crippen LogP contribution in [0.3, 0.4) is 0 Å². The van der Waals surface area contributed by atoms with Crippen LogP contribution < -0.4 is 15.2 Å². The molecule has 2 bridgehead atoms. The average molecular weight is 453 g/mol. The van der Waals surface area contributed by atoms with Crippen LogP contribution in [0.15, 0.2) is 35.3 Å². The molecule has 4 heterocycles. The van der Waals surface area contributed by atoms with E-state index in [-0.39, 0.29) is 5.69 Å². The molecule has 0 amide bonds. The molecule has 0 saturated carbocycles. The summed E-state index contributed by atoms with van der Waals surface area (Å²) in [6.07, 6.45) is 4.86. The lowest BCUT2D eigenvalue weighted by Crippen LogP contribution is -2.45. The van der Waals surface area contributed by atoms with Gasteiger partial charge in [-0.05, 0) is 37.6 Å². The summed E-state index contributed by atoms with van der Waals surface area (Å²) in [5.41, 5.74) is 1.94. The first-order valence-corrected chi connectivity index (χ1v) is 11.8. The number of likely N-dealkylation sites (tertiary alicyclic amines) is 2. The number of hydrogen-bond acceptors (Lipinski definition) is 7. The summed E-state index contributed by atoms with van der Waals surface area (Å²) in [5, 5.41) is 0. The zero-order valence-corrected chi connectivity index (χ0v) is 19.4. The molecule has 2 saturated heterocycles. The highest BCUT2D eigenvalue weighted by Crippen LogP contribution is 2.28. The third kappa shape index (κ3) is 4.74. The van der Waals surface area contributed by atoms with E-state index in [2.05, 4.69) is 38.7 Å². The summed E-state index contributed by atoms with van der Waals surface area (Å²) in [4.78, 5) is 28.9. The number of rotatable bonds is 10. The second-order valence-electron chi connectivity index (χ2n) is 9.08. The first-order chi connectivity index (χ1) is 16.1. The molecule has 5 rings (SSSR count). The summed E-state index contributed by atoms with van der Waals surface area (Å²) in [7, 11) is 2.22.